The van der Waals surface area contributed by atoms with Crippen molar-refractivity contribution in [1.29, 1.82) is 0 Å². The molecule has 0 unspecified atom stereocenters. The van der Waals surface area contributed by atoms with Gasteiger partial charge in [0.1, 0.15) is 11.6 Å². The molecule has 1 aliphatic rings. The normalized spacial score (nSPS) is 15.4. The lowest BCUT2D eigenvalue weighted by Gasteiger charge is -2.25. The Morgan fingerprint density at radius 2 is 2.17 bits per heavy atom. The minimum Gasteiger partial charge on any atom is -0.308 e. The third kappa shape index (κ3) is 3.65. The van der Waals surface area contributed by atoms with Crippen LogP contribution in [-0.2, 0) is 6.54 Å². The van der Waals surface area contributed by atoms with Gasteiger partial charge in [-0.05, 0) is 39.5 Å². The molecule has 0 radical (unpaired) electrons. The summed E-state index contributed by atoms with van der Waals surface area (Å²) in [5.74, 6) is 7.83. The van der Waals surface area contributed by atoms with Gasteiger partial charge in [-0.15, -0.1) is 0 Å². The SMILES string of the molecule is Cc1cc(NN)nc(CN(CC2CC2)C(C)C)n1. The first-order chi connectivity index (χ1) is 8.58. The van der Waals surface area contributed by atoms with E-state index in [2.05, 4.69) is 34.1 Å². The molecule has 0 bridgehead atoms. The van der Waals surface area contributed by atoms with E-state index in [1.165, 1.54) is 12.8 Å². The van der Waals surface area contributed by atoms with Crippen LogP contribution in [0.4, 0.5) is 5.82 Å². The van der Waals surface area contributed by atoms with E-state index in [0.717, 1.165) is 30.5 Å². The van der Waals surface area contributed by atoms with E-state index in [-0.39, 0.29) is 0 Å². The molecule has 0 atom stereocenters. The first-order valence-corrected chi connectivity index (χ1v) is 6.63. The molecule has 5 nitrogen and oxygen atoms in total. The number of hydrogen-bond acceptors (Lipinski definition) is 5. The zero-order chi connectivity index (χ0) is 13.1. The summed E-state index contributed by atoms with van der Waals surface area (Å²) in [6.07, 6.45) is 2.74. The fraction of sp³-hybridized carbons (Fsp3) is 0.692. The molecule has 1 aliphatic carbocycles. The summed E-state index contributed by atoms with van der Waals surface area (Å²) in [4.78, 5) is 11.3. The van der Waals surface area contributed by atoms with Crippen LogP contribution in [0.1, 0.15) is 38.2 Å². The van der Waals surface area contributed by atoms with Gasteiger partial charge >= 0.3 is 0 Å². The summed E-state index contributed by atoms with van der Waals surface area (Å²) >= 11 is 0. The van der Waals surface area contributed by atoms with E-state index in [1.54, 1.807) is 0 Å². The number of nitrogen functional groups attached to an aromatic ring is 1. The molecule has 0 aromatic carbocycles. The summed E-state index contributed by atoms with van der Waals surface area (Å²) in [7, 11) is 0. The van der Waals surface area contributed by atoms with Crippen molar-refractivity contribution < 1.29 is 0 Å². The molecule has 100 valence electrons. The van der Waals surface area contributed by atoms with Gasteiger partial charge in [-0.1, -0.05) is 0 Å². The predicted molar refractivity (Wildman–Crippen MR) is 72.8 cm³/mol. The summed E-state index contributed by atoms with van der Waals surface area (Å²) in [5.41, 5.74) is 3.54. The first kappa shape index (κ1) is 13.2. The van der Waals surface area contributed by atoms with E-state index >= 15 is 0 Å². The van der Waals surface area contributed by atoms with Crippen molar-refractivity contribution in [1.82, 2.24) is 14.9 Å². The number of nitrogens with zero attached hydrogens (tertiary/aromatic N) is 3. The van der Waals surface area contributed by atoms with Crippen LogP contribution in [0.2, 0.25) is 0 Å². The summed E-state index contributed by atoms with van der Waals surface area (Å²) in [6, 6.07) is 2.37. The number of nitrogens with one attached hydrogen (secondary N) is 1. The van der Waals surface area contributed by atoms with Gasteiger partial charge in [0.25, 0.3) is 0 Å². The van der Waals surface area contributed by atoms with Gasteiger partial charge in [-0.3, -0.25) is 4.90 Å². The standard InChI is InChI=1S/C13H23N5/c1-9(2)18(7-11-4-5-11)8-13-15-10(3)6-12(16-13)17-14/h6,9,11H,4-5,7-8,14H2,1-3H3,(H,15,16,17). The van der Waals surface area contributed by atoms with Crippen molar-refractivity contribution in [3.05, 3.63) is 17.6 Å². The fourth-order valence-electron chi connectivity index (χ4n) is 2.05. The molecule has 0 amide bonds. The van der Waals surface area contributed by atoms with Gasteiger partial charge in [0.2, 0.25) is 0 Å². The molecular weight excluding hydrogens is 226 g/mol. The van der Waals surface area contributed by atoms with Gasteiger partial charge in [0.15, 0.2) is 0 Å². The number of rotatable bonds is 6. The molecule has 5 heteroatoms. The topological polar surface area (TPSA) is 67.1 Å². The number of nitrogens with two attached hydrogens (primary N) is 1. The average Bonchev–Trinajstić information content (AvgIpc) is 3.11. The second-order valence-corrected chi connectivity index (χ2v) is 5.42. The van der Waals surface area contributed by atoms with Crippen LogP contribution in [0.25, 0.3) is 0 Å². The molecule has 1 aromatic rings. The van der Waals surface area contributed by atoms with Crippen LogP contribution < -0.4 is 11.3 Å². The van der Waals surface area contributed by atoms with Gasteiger partial charge in [0, 0.05) is 24.3 Å². The number of hydrogen-bond donors (Lipinski definition) is 2. The van der Waals surface area contributed by atoms with Crippen molar-refractivity contribution in [2.75, 3.05) is 12.0 Å². The fourth-order valence-corrected chi connectivity index (χ4v) is 2.05. The molecule has 0 spiro atoms. The number of aryl methyl sites for hydroxylation is 1. The van der Waals surface area contributed by atoms with Gasteiger partial charge in [-0.25, -0.2) is 15.8 Å². The lowest BCUT2D eigenvalue weighted by Crippen LogP contribution is -2.33. The van der Waals surface area contributed by atoms with Gasteiger partial charge < -0.3 is 5.43 Å². The molecule has 2 rings (SSSR count). The van der Waals surface area contributed by atoms with Crippen LogP contribution >= 0.6 is 0 Å². The Hall–Kier alpha value is -1.20. The Labute approximate surface area is 109 Å². The number of aromatic nitrogens is 2. The lowest BCUT2D eigenvalue weighted by atomic mass is 10.2. The van der Waals surface area contributed by atoms with Crippen molar-refractivity contribution in [2.24, 2.45) is 11.8 Å². The van der Waals surface area contributed by atoms with E-state index < -0.39 is 0 Å². The van der Waals surface area contributed by atoms with E-state index in [1.807, 2.05) is 13.0 Å². The van der Waals surface area contributed by atoms with Crippen molar-refractivity contribution in [3.8, 4) is 0 Å². The zero-order valence-corrected chi connectivity index (χ0v) is 11.5. The smallest absolute Gasteiger partial charge is 0.145 e. The molecular formula is C13H23N5. The highest BCUT2D eigenvalue weighted by molar-refractivity contribution is 5.33. The second kappa shape index (κ2) is 5.63. The predicted octanol–water partition coefficient (Wildman–Crippen LogP) is 1.69. The number of anilines is 1. The first-order valence-electron chi connectivity index (χ1n) is 6.63. The van der Waals surface area contributed by atoms with Gasteiger partial charge in [0.05, 0.1) is 6.54 Å². The van der Waals surface area contributed by atoms with Crippen molar-refractivity contribution in [3.63, 3.8) is 0 Å². The molecule has 3 N–H and O–H groups in total. The maximum absolute atomic E-state index is 5.42. The maximum atomic E-state index is 5.42. The minimum atomic E-state index is 0.518. The molecule has 18 heavy (non-hydrogen) atoms. The van der Waals surface area contributed by atoms with E-state index in [4.69, 9.17) is 5.84 Å². The average molecular weight is 249 g/mol. The highest BCUT2D eigenvalue weighted by Crippen LogP contribution is 2.30. The number of hydrazine groups is 1. The Bertz CT molecular complexity index is 400. The van der Waals surface area contributed by atoms with Crippen molar-refractivity contribution >= 4 is 5.82 Å². The van der Waals surface area contributed by atoms with Gasteiger partial charge in [-0.2, -0.15) is 0 Å². The molecule has 1 saturated carbocycles. The van der Waals surface area contributed by atoms with E-state index in [9.17, 15) is 0 Å². The van der Waals surface area contributed by atoms with Crippen LogP contribution in [0.15, 0.2) is 6.07 Å². The molecule has 0 saturated heterocycles. The Balaban J connectivity index is 2.06. The third-order valence-electron chi connectivity index (χ3n) is 3.31. The van der Waals surface area contributed by atoms with Crippen LogP contribution in [0.5, 0.6) is 0 Å². The zero-order valence-electron chi connectivity index (χ0n) is 11.5. The van der Waals surface area contributed by atoms with E-state index in [0.29, 0.717) is 11.9 Å². The van der Waals surface area contributed by atoms with Crippen LogP contribution in [-0.4, -0.2) is 27.5 Å². The lowest BCUT2D eigenvalue weighted by molar-refractivity contribution is 0.198. The maximum Gasteiger partial charge on any atom is 0.145 e. The second-order valence-electron chi connectivity index (χ2n) is 5.42. The Morgan fingerprint density at radius 1 is 1.44 bits per heavy atom. The van der Waals surface area contributed by atoms with Crippen LogP contribution in [0, 0.1) is 12.8 Å². The highest BCUT2D eigenvalue weighted by atomic mass is 15.3. The van der Waals surface area contributed by atoms with Crippen LogP contribution in [0.3, 0.4) is 0 Å². The molecule has 1 fully saturated rings. The van der Waals surface area contributed by atoms with Crippen molar-refractivity contribution in [2.45, 2.75) is 46.2 Å². The summed E-state index contributed by atoms with van der Waals surface area (Å²) in [6.45, 7) is 8.36. The summed E-state index contributed by atoms with van der Waals surface area (Å²) in [5, 5.41) is 0. The molecule has 1 aromatic heterocycles. The quantitative estimate of drug-likeness (QED) is 0.593. The Kier molecular flexibility index (Phi) is 4.14. The Morgan fingerprint density at radius 3 is 2.72 bits per heavy atom. The summed E-state index contributed by atoms with van der Waals surface area (Å²) < 4.78 is 0. The largest absolute Gasteiger partial charge is 0.308 e. The monoisotopic (exact) mass is 249 g/mol. The highest BCUT2D eigenvalue weighted by Gasteiger charge is 2.25. The molecule has 1 heterocycles. The molecule has 0 aliphatic heterocycles. The third-order valence-corrected chi connectivity index (χ3v) is 3.31. The minimum absolute atomic E-state index is 0.518.